The van der Waals surface area contributed by atoms with Crippen LogP contribution in [0.25, 0.3) is 11.3 Å². The summed E-state index contributed by atoms with van der Waals surface area (Å²) in [6.07, 6.45) is 6.31. The summed E-state index contributed by atoms with van der Waals surface area (Å²) in [5, 5.41) is 3.34. The Hall–Kier alpha value is -3.56. The van der Waals surface area contributed by atoms with Gasteiger partial charge in [0, 0.05) is 73.8 Å². The van der Waals surface area contributed by atoms with Gasteiger partial charge in [0.2, 0.25) is 5.95 Å². The van der Waals surface area contributed by atoms with E-state index in [1.54, 1.807) is 23.5 Å². The van der Waals surface area contributed by atoms with Crippen LogP contribution in [-0.4, -0.2) is 89.2 Å². The minimum atomic E-state index is -0.0338. The first-order valence-corrected chi connectivity index (χ1v) is 12.6. The number of benzene rings is 1. The van der Waals surface area contributed by atoms with Crippen LogP contribution in [0.3, 0.4) is 0 Å². The van der Waals surface area contributed by atoms with E-state index in [-0.39, 0.29) is 5.91 Å². The van der Waals surface area contributed by atoms with E-state index in [1.165, 1.54) is 17.7 Å². The summed E-state index contributed by atoms with van der Waals surface area (Å²) >= 11 is 0. The Morgan fingerprint density at radius 2 is 1.94 bits per heavy atom. The molecule has 9 heteroatoms. The zero-order valence-electron chi connectivity index (χ0n) is 20.7. The summed E-state index contributed by atoms with van der Waals surface area (Å²) in [7, 11) is 2.23. The average molecular weight is 486 g/mol. The van der Waals surface area contributed by atoms with Gasteiger partial charge < -0.3 is 19.9 Å². The predicted molar refractivity (Wildman–Crippen MR) is 139 cm³/mol. The zero-order valence-corrected chi connectivity index (χ0v) is 20.7. The van der Waals surface area contributed by atoms with Gasteiger partial charge in [0.15, 0.2) is 0 Å². The largest absolute Gasteiger partial charge is 0.378 e. The Balaban J connectivity index is 1.18. The van der Waals surface area contributed by atoms with Gasteiger partial charge in [-0.25, -0.2) is 9.97 Å². The summed E-state index contributed by atoms with van der Waals surface area (Å²) in [6, 6.07) is 11.4. The maximum Gasteiger partial charge on any atom is 0.255 e. The van der Waals surface area contributed by atoms with Crippen molar-refractivity contribution in [3.63, 3.8) is 0 Å². The molecule has 1 amide bonds. The zero-order chi connectivity index (χ0) is 24.6. The van der Waals surface area contributed by atoms with Crippen molar-refractivity contribution in [2.24, 2.45) is 0 Å². The van der Waals surface area contributed by atoms with Crippen LogP contribution in [0.5, 0.6) is 0 Å². The molecule has 1 aromatic carbocycles. The summed E-state index contributed by atoms with van der Waals surface area (Å²) in [5.74, 6) is 0.472. The number of morpholine rings is 1. The lowest BCUT2D eigenvalue weighted by Crippen LogP contribution is -2.44. The summed E-state index contributed by atoms with van der Waals surface area (Å²) in [4.78, 5) is 33.1. The summed E-state index contributed by atoms with van der Waals surface area (Å²) in [5.41, 5.74) is 5.54. The number of aromatic nitrogens is 3. The number of rotatable bonds is 5. The van der Waals surface area contributed by atoms with Crippen molar-refractivity contribution in [3.05, 3.63) is 60.0 Å². The Morgan fingerprint density at radius 3 is 2.69 bits per heavy atom. The maximum absolute atomic E-state index is 12.9. The molecule has 186 valence electrons. The van der Waals surface area contributed by atoms with E-state index in [1.807, 2.05) is 12.1 Å². The molecule has 2 aromatic heterocycles. The SMILES string of the molecule is Cc1cc(Nc2nccc(-c3cncc(C(=O)N4CCOCC4)c3)n2)ccc1N1C[C@@H]2C[C@H]1CN2C. The molecule has 0 saturated carbocycles. The molecule has 3 saturated heterocycles. The molecule has 9 nitrogen and oxygen atoms in total. The molecule has 0 unspecified atom stereocenters. The standard InChI is InChI=1S/C27H31N7O2/c1-18-11-21(3-4-25(18)34-17-22-13-23(34)16-32(22)2)30-27-29-6-5-24(31-27)19-12-20(15-28-14-19)26(35)33-7-9-36-10-8-33/h3-6,11-12,14-15,22-23H,7-10,13,16-17H2,1-2H3,(H,29,30,31)/t22-,23-/m0/s1. The van der Waals surface area contributed by atoms with Crippen LogP contribution in [0.4, 0.5) is 17.3 Å². The number of piperazine rings is 1. The third kappa shape index (κ3) is 4.40. The number of carbonyl (C=O) groups excluding carboxylic acids is 1. The van der Waals surface area contributed by atoms with Gasteiger partial charge in [0.25, 0.3) is 5.91 Å². The smallest absolute Gasteiger partial charge is 0.255 e. The molecule has 2 atom stereocenters. The minimum absolute atomic E-state index is 0.0338. The van der Waals surface area contributed by atoms with Crippen molar-refractivity contribution in [2.75, 3.05) is 56.7 Å². The molecule has 3 fully saturated rings. The highest BCUT2D eigenvalue weighted by Gasteiger charge is 2.41. The number of nitrogens with zero attached hydrogens (tertiary/aromatic N) is 6. The number of anilines is 3. The normalized spacial score (nSPS) is 21.7. The Bertz CT molecular complexity index is 1270. The van der Waals surface area contributed by atoms with Crippen LogP contribution in [0.2, 0.25) is 0 Å². The van der Waals surface area contributed by atoms with E-state index < -0.39 is 0 Å². The second-order valence-electron chi connectivity index (χ2n) is 9.89. The first-order valence-electron chi connectivity index (χ1n) is 12.6. The highest BCUT2D eigenvalue weighted by atomic mass is 16.5. The fourth-order valence-electron chi connectivity index (χ4n) is 5.57. The maximum atomic E-state index is 12.9. The van der Waals surface area contributed by atoms with E-state index in [0.29, 0.717) is 55.6 Å². The quantitative estimate of drug-likeness (QED) is 0.590. The van der Waals surface area contributed by atoms with Crippen molar-refractivity contribution in [1.82, 2.24) is 24.8 Å². The number of ether oxygens (including phenoxy) is 1. The van der Waals surface area contributed by atoms with Crippen LogP contribution in [0.15, 0.2) is 48.9 Å². The highest BCUT2D eigenvalue weighted by Crippen LogP contribution is 2.36. The molecule has 2 bridgehead atoms. The molecular formula is C27H31N7O2. The fourth-order valence-corrected chi connectivity index (χ4v) is 5.57. The van der Waals surface area contributed by atoms with E-state index in [4.69, 9.17) is 9.72 Å². The van der Waals surface area contributed by atoms with Crippen LogP contribution in [0.1, 0.15) is 22.3 Å². The molecule has 0 aliphatic carbocycles. The minimum Gasteiger partial charge on any atom is -0.378 e. The first-order chi connectivity index (χ1) is 17.5. The summed E-state index contributed by atoms with van der Waals surface area (Å²) < 4.78 is 5.36. The highest BCUT2D eigenvalue weighted by molar-refractivity contribution is 5.95. The number of pyridine rings is 1. The van der Waals surface area contributed by atoms with Crippen molar-refractivity contribution >= 4 is 23.2 Å². The fraction of sp³-hybridized carbons (Fsp3) is 0.407. The number of likely N-dealkylation sites (N-methyl/N-ethyl adjacent to an activating group) is 1. The first kappa shape index (κ1) is 22.9. The van der Waals surface area contributed by atoms with Gasteiger partial charge in [-0.3, -0.25) is 14.7 Å². The molecule has 1 N–H and O–H groups in total. The van der Waals surface area contributed by atoms with Gasteiger partial charge in [-0.2, -0.15) is 0 Å². The number of nitrogens with one attached hydrogen (secondary N) is 1. The van der Waals surface area contributed by atoms with Crippen molar-refractivity contribution in [3.8, 4) is 11.3 Å². The Morgan fingerprint density at radius 1 is 1.08 bits per heavy atom. The molecular weight excluding hydrogens is 454 g/mol. The average Bonchev–Trinajstić information content (AvgIpc) is 3.49. The molecule has 0 spiro atoms. The molecule has 0 radical (unpaired) electrons. The molecule has 3 aliphatic heterocycles. The van der Waals surface area contributed by atoms with Crippen LogP contribution < -0.4 is 10.2 Å². The third-order valence-corrected chi connectivity index (χ3v) is 7.51. The molecule has 3 aromatic rings. The van der Waals surface area contributed by atoms with Crippen LogP contribution >= 0.6 is 0 Å². The topological polar surface area (TPSA) is 86.7 Å². The second kappa shape index (κ2) is 9.48. The van der Waals surface area contributed by atoms with E-state index in [9.17, 15) is 4.79 Å². The Kier molecular flexibility index (Phi) is 6.02. The lowest BCUT2D eigenvalue weighted by molar-refractivity contribution is 0.0302. The number of carbonyl (C=O) groups is 1. The van der Waals surface area contributed by atoms with Crippen molar-refractivity contribution in [1.29, 1.82) is 0 Å². The van der Waals surface area contributed by atoms with Gasteiger partial charge >= 0.3 is 0 Å². The third-order valence-electron chi connectivity index (χ3n) is 7.51. The number of likely N-dealkylation sites (tertiary alicyclic amines) is 1. The van der Waals surface area contributed by atoms with Gasteiger partial charge in [0.05, 0.1) is 24.5 Å². The number of aryl methyl sites for hydroxylation is 1. The second-order valence-corrected chi connectivity index (χ2v) is 9.89. The molecule has 6 rings (SSSR count). The van der Waals surface area contributed by atoms with Crippen LogP contribution in [-0.2, 0) is 4.74 Å². The van der Waals surface area contributed by atoms with Gasteiger partial charge in [0.1, 0.15) is 0 Å². The Labute approximate surface area is 211 Å². The van der Waals surface area contributed by atoms with Gasteiger partial charge in [-0.05, 0) is 56.3 Å². The summed E-state index contributed by atoms with van der Waals surface area (Å²) in [6.45, 7) is 6.72. The lowest BCUT2D eigenvalue weighted by atomic mass is 10.1. The van der Waals surface area contributed by atoms with E-state index in [0.717, 1.165) is 24.3 Å². The number of fused-ring (bicyclic) bond motifs is 2. The molecule has 3 aliphatic rings. The number of amides is 1. The van der Waals surface area contributed by atoms with Crippen molar-refractivity contribution < 1.29 is 9.53 Å². The predicted octanol–water partition coefficient (Wildman–Crippen LogP) is 2.96. The van der Waals surface area contributed by atoms with Crippen LogP contribution in [0, 0.1) is 6.92 Å². The van der Waals surface area contributed by atoms with E-state index in [2.05, 4.69) is 57.3 Å². The van der Waals surface area contributed by atoms with Crippen molar-refractivity contribution in [2.45, 2.75) is 25.4 Å². The van der Waals surface area contributed by atoms with Gasteiger partial charge in [-0.15, -0.1) is 0 Å². The lowest BCUT2D eigenvalue weighted by Gasteiger charge is -2.34. The van der Waals surface area contributed by atoms with Gasteiger partial charge in [-0.1, -0.05) is 0 Å². The number of hydrogen-bond donors (Lipinski definition) is 1. The van der Waals surface area contributed by atoms with E-state index >= 15 is 0 Å². The molecule has 5 heterocycles. The number of hydrogen-bond acceptors (Lipinski definition) is 8. The molecule has 36 heavy (non-hydrogen) atoms. The monoisotopic (exact) mass is 485 g/mol.